The Morgan fingerprint density at radius 2 is 2.13 bits per heavy atom. The van der Waals surface area contributed by atoms with Gasteiger partial charge in [0.05, 0.1) is 11.8 Å². The molecule has 0 bridgehead atoms. The Kier molecular flexibility index (Phi) is 6.22. The van der Waals surface area contributed by atoms with E-state index in [0.29, 0.717) is 25.0 Å². The average Bonchev–Trinajstić information content (AvgIpc) is 2.99. The van der Waals surface area contributed by atoms with Gasteiger partial charge in [-0.2, -0.15) is 0 Å². The van der Waals surface area contributed by atoms with Crippen LogP contribution in [0.5, 0.6) is 0 Å². The molecule has 0 radical (unpaired) electrons. The number of nitrogens with zero attached hydrogens (tertiary/aromatic N) is 3. The SMILES string of the molecule is CC[C@@H]1CN(S(=O)(=O)C(C)C)CC[C@@H]1NCc1nccn1CC. The zero-order valence-electron chi connectivity index (χ0n) is 14.7. The van der Waals surface area contributed by atoms with Crippen molar-refractivity contribution in [3.63, 3.8) is 0 Å². The van der Waals surface area contributed by atoms with Crippen molar-refractivity contribution in [2.24, 2.45) is 5.92 Å². The van der Waals surface area contributed by atoms with Crippen LogP contribution in [0.3, 0.4) is 0 Å². The molecule has 2 heterocycles. The van der Waals surface area contributed by atoms with Crippen LogP contribution in [0.1, 0.15) is 46.4 Å². The van der Waals surface area contributed by atoms with Gasteiger partial charge in [0.2, 0.25) is 10.0 Å². The molecule has 0 unspecified atom stereocenters. The monoisotopic (exact) mass is 342 g/mol. The summed E-state index contributed by atoms with van der Waals surface area (Å²) in [6.07, 6.45) is 5.66. The van der Waals surface area contributed by atoms with E-state index in [1.54, 1.807) is 18.2 Å². The first-order valence-electron chi connectivity index (χ1n) is 8.62. The molecule has 0 aliphatic carbocycles. The molecular weight excluding hydrogens is 312 g/mol. The number of rotatable bonds is 7. The Morgan fingerprint density at radius 1 is 1.39 bits per heavy atom. The Balaban J connectivity index is 1.97. The van der Waals surface area contributed by atoms with Crippen molar-refractivity contribution in [2.75, 3.05) is 13.1 Å². The lowest BCUT2D eigenvalue weighted by Gasteiger charge is -2.38. The lowest BCUT2D eigenvalue weighted by Crippen LogP contribution is -2.52. The first kappa shape index (κ1) is 18.4. The number of sulfonamides is 1. The van der Waals surface area contributed by atoms with E-state index < -0.39 is 10.0 Å². The van der Waals surface area contributed by atoms with Gasteiger partial charge in [0, 0.05) is 38.1 Å². The fourth-order valence-corrected chi connectivity index (χ4v) is 4.58. The van der Waals surface area contributed by atoms with E-state index in [1.807, 2.05) is 12.4 Å². The molecule has 0 aromatic carbocycles. The molecule has 1 fully saturated rings. The fraction of sp³-hybridized carbons (Fsp3) is 0.812. The maximum Gasteiger partial charge on any atom is 0.216 e. The van der Waals surface area contributed by atoms with Crippen LogP contribution in [-0.2, 0) is 23.1 Å². The quantitative estimate of drug-likeness (QED) is 0.821. The van der Waals surface area contributed by atoms with Gasteiger partial charge in [-0.05, 0) is 33.1 Å². The lowest BCUT2D eigenvalue weighted by molar-refractivity contribution is 0.199. The maximum absolute atomic E-state index is 12.4. The Bertz CT molecular complexity index is 597. The van der Waals surface area contributed by atoms with Crippen molar-refractivity contribution in [2.45, 2.75) is 64.9 Å². The Hall–Kier alpha value is -0.920. The highest BCUT2D eigenvalue weighted by molar-refractivity contribution is 7.89. The van der Waals surface area contributed by atoms with Crippen molar-refractivity contribution >= 4 is 10.0 Å². The average molecular weight is 343 g/mol. The summed E-state index contributed by atoms with van der Waals surface area (Å²) in [5.41, 5.74) is 0. The van der Waals surface area contributed by atoms with Crippen LogP contribution in [0.2, 0.25) is 0 Å². The van der Waals surface area contributed by atoms with Crippen molar-refractivity contribution in [1.29, 1.82) is 0 Å². The smallest absolute Gasteiger partial charge is 0.216 e. The molecular formula is C16H30N4O2S. The standard InChI is InChI=1S/C16H30N4O2S/c1-5-14-12-20(23(21,22)13(3)4)9-7-15(14)18-11-16-17-8-10-19(16)6-2/h8,10,13-15,18H,5-7,9,11-12H2,1-4H3/t14-,15+/m1/s1. The molecule has 2 atom stereocenters. The van der Waals surface area contributed by atoms with Gasteiger partial charge in [0.15, 0.2) is 0 Å². The number of piperidine rings is 1. The van der Waals surface area contributed by atoms with Gasteiger partial charge >= 0.3 is 0 Å². The minimum atomic E-state index is -3.15. The lowest BCUT2D eigenvalue weighted by atomic mass is 9.91. The molecule has 132 valence electrons. The summed E-state index contributed by atoms with van der Waals surface area (Å²) in [7, 11) is -3.15. The van der Waals surface area contributed by atoms with E-state index in [1.165, 1.54) is 0 Å². The zero-order chi connectivity index (χ0) is 17.0. The molecule has 2 rings (SSSR count). The van der Waals surface area contributed by atoms with Crippen molar-refractivity contribution in [3.8, 4) is 0 Å². The van der Waals surface area contributed by atoms with Crippen LogP contribution < -0.4 is 5.32 Å². The summed E-state index contributed by atoms with van der Waals surface area (Å²) in [6.45, 7) is 10.6. The molecule has 0 saturated carbocycles. The number of nitrogens with one attached hydrogen (secondary N) is 1. The van der Waals surface area contributed by atoms with Gasteiger partial charge in [-0.25, -0.2) is 17.7 Å². The van der Waals surface area contributed by atoms with Crippen LogP contribution in [-0.4, -0.2) is 46.7 Å². The van der Waals surface area contributed by atoms with E-state index in [4.69, 9.17) is 0 Å². The first-order valence-corrected chi connectivity index (χ1v) is 10.1. The molecule has 1 aliphatic heterocycles. The number of imidazole rings is 1. The predicted molar refractivity (Wildman–Crippen MR) is 92.6 cm³/mol. The molecule has 0 amide bonds. The third kappa shape index (κ3) is 4.14. The van der Waals surface area contributed by atoms with Crippen LogP contribution in [0, 0.1) is 5.92 Å². The summed E-state index contributed by atoms with van der Waals surface area (Å²) in [5, 5.41) is 3.25. The molecule has 1 aliphatic rings. The van der Waals surface area contributed by atoms with Gasteiger partial charge in [-0.3, -0.25) is 0 Å². The van der Waals surface area contributed by atoms with Crippen LogP contribution in [0.15, 0.2) is 12.4 Å². The van der Waals surface area contributed by atoms with Crippen LogP contribution >= 0.6 is 0 Å². The van der Waals surface area contributed by atoms with Crippen molar-refractivity contribution < 1.29 is 8.42 Å². The van der Waals surface area contributed by atoms with Gasteiger partial charge in [0.1, 0.15) is 5.82 Å². The third-order valence-electron chi connectivity index (χ3n) is 4.84. The third-order valence-corrected chi connectivity index (χ3v) is 7.08. The van der Waals surface area contributed by atoms with Crippen LogP contribution in [0.25, 0.3) is 0 Å². The Labute approximate surface area is 140 Å². The van der Waals surface area contributed by atoms with E-state index in [9.17, 15) is 8.42 Å². The second kappa shape index (κ2) is 7.77. The second-order valence-electron chi connectivity index (χ2n) is 6.53. The number of aromatic nitrogens is 2. The number of hydrogen-bond donors (Lipinski definition) is 1. The summed E-state index contributed by atoms with van der Waals surface area (Å²) < 4.78 is 28.6. The largest absolute Gasteiger partial charge is 0.334 e. The summed E-state index contributed by atoms with van der Waals surface area (Å²) in [4.78, 5) is 4.39. The second-order valence-corrected chi connectivity index (χ2v) is 9.01. The van der Waals surface area contributed by atoms with E-state index in [0.717, 1.165) is 31.8 Å². The molecule has 7 heteroatoms. The minimum absolute atomic E-state index is 0.346. The predicted octanol–water partition coefficient (Wildman–Crippen LogP) is 1.83. The molecule has 0 spiro atoms. The molecule has 1 saturated heterocycles. The van der Waals surface area contributed by atoms with Gasteiger partial charge in [-0.1, -0.05) is 13.3 Å². The molecule has 1 N–H and O–H groups in total. The highest BCUT2D eigenvalue weighted by Crippen LogP contribution is 2.24. The molecule has 6 nitrogen and oxygen atoms in total. The maximum atomic E-state index is 12.4. The van der Waals surface area contributed by atoms with Gasteiger partial charge in [-0.15, -0.1) is 0 Å². The van der Waals surface area contributed by atoms with E-state index in [-0.39, 0.29) is 5.25 Å². The van der Waals surface area contributed by atoms with Crippen LogP contribution in [0.4, 0.5) is 0 Å². The van der Waals surface area contributed by atoms with Crippen molar-refractivity contribution in [3.05, 3.63) is 18.2 Å². The van der Waals surface area contributed by atoms with Crippen molar-refractivity contribution in [1.82, 2.24) is 19.2 Å². The molecule has 23 heavy (non-hydrogen) atoms. The summed E-state index contributed by atoms with van der Waals surface area (Å²) in [5.74, 6) is 1.39. The van der Waals surface area contributed by atoms with E-state index in [2.05, 4.69) is 28.7 Å². The highest BCUT2D eigenvalue weighted by atomic mass is 32.2. The minimum Gasteiger partial charge on any atom is -0.334 e. The number of hydrogen-bond acceptors (Lipinski definition) is 4. The Morgan fingerprint density at radius 3 is 2.74 bits per heavy atom. The number of aryl methyl sites for hydroxylation is 1. The topological polar surface area (TPSA) is 67.2 Å². The molecule has 1 aromatic rings. The zero-order valence-corrected chi connectivity index (χ0v) is 15.5. The first-order chi connectivity index (χ1) is 10.9. The normalized spacial score (nSPS) is 23.5. The van der Waals surface area contributed by atoms with Gasteiger partial charge in [0.25, 0.3) is 0 Å². The summed E-state index contributed by atoms with van der Waals surface area (Å²) in [6, 6.07) is 0.348. The van der Waals surface area contributed by atoms with Gasteiger partial charge < -0.3 is 9.88 Å². The fourth-order valence-electron chi connectivity index (χ4n) is 3.23. The highest BCUT2D eigenvalue weighted by Gasteiger charge is 2.35. The summed E-state index contributed by atoms with van der Waals surface area (Å²) >= 11 is 0. The molecule has 1 aromatic heterocycles. The van der Waals surface area contributed by atoms with E-state index >= 15 is 0 Å².